The molecular formula is C13H14ClF4NO2. The summed E-state index contributed by atoms with van der Waals surface area (Å²) in [5.74, 6) is -1.74. The Bertz CT molecular complexity index is 488. The fourth-order valence-electron chi connectivity index (χ4n) is 1.67. The van der Waals surface area contributed by atoms with E-state index < -0.39 is 35.1 Å². The number of amides is 1. The molecule has 1 aromatic rings. The summed E-state index contributed by atoms with van der Waals surface area (Å²) in [6, 6.07) is 1.17. The van der Waals surface area contributed by atoms with E-state index in [0.717, 1.165) is 0 Å². The molecule has 0 saturated heterocycles. The van der Waals surface area contributed by atoms with Crippen molar-refractivity contribution in [2.75, 3.05) is 19.6 Å². The van der Waals surface area contributed by atoms with Gasteiger partial charge in [0.05, 0.1) is 23.8 Å². The number of hydrogen-bond acceptors (Lipinski definition) is 2. The number of ether oxygens (including phenoxy) is 1. The molecule has 1 aromatic carbocycles. The molecule has 0 bridgehead atoms. The molecule has 0 spiro atoms. The first-order valence-corrected chi connectivity index (χ1v) is 6.55. The minimum Gasteiger partial charge on any atom is -0.383 e. The average molecular weight is 328 g/mol. The zero-order chi connectivity index (χ0) is 16.0. The summed E-state index contributed by atoms with van der Waals surface area (Å²) in [4.78, 5) is 11.9. The summed E-state index contributed by atoms with van der Waals surface area (Å²) >= 11 is 5.55. The van der Waals surface area contributed by atoms with Gasteiger partial charge in [-0.25, -0.2) is 4.39 Å². The molecule has 118 valence electrons. The van der Waals surface area contributed by atoms with Crippen molar-refractivity contribution in [1.82, 2.24) is 5.32 Å². The third-order valence-electron chi connectivity index (χ3n) is 2.70. The molecule has 0 aliphatic rings. The molecule has 1 atom stereocenters. The Balaban J connectivity index is 2.95. The first-order chi connectivity index (χ1) is 9.79. The molecule has 8 heteroatoms. The highest BCUT2D eigenvalue weighted by atomic mass is 35.5. The predicted molar refractivity (Wildman–Crippen MR) is 69.9 cm³/mol. The van der Waals surface area contributed by atoms with Gasteiger partial charge in [0.15, 0.2) is 0 Å². The highest BCUT2D eigenvalue weighted by molar-refractivity contribution is 6.17. The second-order valence-electron chi connectivity index (χ2n) is 4.30. The number of halogens is 5. The fourth-order valence-corrected chi connectivity index (χ4v) is 1.93. The highest BCUT2D eigenvalue weighted by Gasteiger charge is 2.32. The lowest BCUT2D eigenvalue weighted by Crippen LogP contribution is -2.38. The highest BCUT2D eigenvalue weighted by Crippen LogP contribution is 2.30. The van der Waals surface area contributed by atoms with Crippen LogP contribution in [0.3, 0.4) is 0 Å². The minimum absolute atomic E-state index is 0.124. The lowest BCUT2D eigenvalue weighted by Gasteiger charge is -2.17. The molecule has 0 fully saturated rings. The molecule has 3 nitrogen and oxygen atoms in total. The van der Waals surface area contributed by atoms with Crippen LogP contribution in [-0.4, -0.2) is 31.5 Å². The van der Waals surface area contributed by atoms with Crippen molar-refractivity contribution in [3.05, 3.63) is 35.1 Å². The fraction of sp³-hybridized carbons (Fsp3) is 0.462. The van der Waals surface area contributed by atoms with Crippen molar-refractivity contribution in [3.63, 3.8) is 0 Å². The molecule has 1 rings (SSSR count). The predicted octanol–water partition coefficient (Wildman–Crippen LogP) is 3.22. The van der Waals surface area contributed by atoms with Gasteiger partial charge < -0.3 is 10.1 Å². The van der Waals surface area contributed by atoms with Crippen molar-refractivity contribution < 1.29 is 27.1 Å². The Morgan fingerprint density at radius 2 is 2.10 bits per heavy atom. The Labute approximate surface area is 124 Å². The van der Waals surface area contributed by atoms with Gasteiger partial charge in [-0.15, -0.1) is 11.6 Å². The summed E-state index contributed by atoms with van der Waals surface area (Å²) in [5, 5.41) is 2.40. The molecule has 0 radical (unpaired) electrons. The van der Waals surface area contributed by atoms with E-state index in [1.807, 2.05) is 0 Å². The number of rotatable bonds is 6. The first kappa shape index (κ1) is 17.7. The molecule has 21 heavy (non-hydrogen) atoms. The molecule has 0 heterocycles. The van der Waals surface area contributed by atoms with E-state index >= 15 is 0 Å². The van der Waals surface area contributed by atoms with Gasteiger partial charge in [-0.2, -0.15) is 13.2 Å². The van der Waals surface area contributed by atoms with E-state index in [0.29, 0.717) is 24.6 Å². The van der Waals surface area contributed by atoms with Crippen LogP contribution >= 0.6 is 11.6 Å². The van der Waals surface area contributed by atoms with Crippen LogP contribution in [-0.2, 0) is 10.9 Å². The van der Waals surface area contributed by atoms with Crippen LogP contribution in [0.25, 0.3) is 0 Å². The number of carbonyl (C=O) groups is 1. The van der Waals surface area contributed by atoms with E-state index in [4.69, 9.17) is 16.3 Å². The van der Waals surface area contributed by atoms with Crippen LogP contribution in [0.15, 0.2) is 18.2 Å². The summed E-state index contributed by atoms with van der Waals surface area (Å²) < 4.78 is 56.1. The molecular weight excluding hydrogens is 314 g/mol. The normalized spacial score (nSPS) is 13.0. The minimum atomic E-state index is -4.65. The summed E-state index contributed by atoms with van der Waals surface area (Å²) in [6.07, 6.45) is -4.30. The molecule has 0 aromatic heterocycles. The van der Waals surface area contributed by atoms with Gasteiger partial charge >= 0.3 is 6.18 Å². The Kier molecular flexibility index (Phi) is 6.42. The second kappa shape index (κ2) is 7.61. The van der Waals surface area contributed by atoms with E-state index in [2.05, 4.69) is 5.32 Å². The monoisotopic (exact) mass is 327 g/mol. The van der Waals surface area contributed by atoms with Gasteiger partial charge in [0.1, 0.15) is 5.82 Å². The van der Waals surface area contributed by atoms with Gasteiger partial charge in [-0.3, -0.25) is 4.79 Å². The van der Waals surface area contributed by atoms with Gasteiger partial charge in [0, 0.05) is 13.0 Å². The van der Waals surface area contributed by atoms with Crippen molar-refractivity contribution in [2.24, 2.45) is 0 Å². The lowest BCUT2D eigenvalue weighted by atomic mass is 10.1. The van der Waals surface area contributed by atoms with Crippen molar-refractivity contribution in [3.8, 4) is 0 Å². The van der Waals surface area contributed by atoms with Gasteiger partial charge in [-0.05, 0) is 24.6 Å². The van der Waals surface area contributed by atoms with Gasteiger partial charge in [0.2, 0.25) is 0 Å². The first-order valence-electron chi connectivity index (χ1n) is 6.02. The van der Waals surface area contributed by atoms with Crippen LogP contribution in [0.1, 0.15) is 22.3 Å². The maximum Gasteiger partial charge on any atom is 0.416 e. The van der Waals surface area contributed by atoms with Gasteiger partial charge in [-0.1, -0.05) is 0 Å². The smallest absolute Gasteiger partial charge is 0.383 e. The number of alkyl halides is 4. The Hall–Kier alpha value is -1.34. The third-order valence-corrected chi connectivity index (χ3v) is 2.92. The topological polar surface area (TPSA) is 38.3 Å². The van der Waals surface area contributed by atoms with Crippen molar-refractivity contribution >= 4 is 17.5 Å². The number of hydrogen-bond donors (Lipinski definition) is 1. The number of carbonyl (C=O) groups excluding carboxylic acids is 1. The van der Waals surface area contributed by atoms with Crippen molar-refractivity contribution in [1.29, 1.82) is 0 Å². The molecule has 0 aliphatic carbocycles. The lowest BCUT2D eigenvalue weighted by molar-refractivity contribution is -0.137. The van der Waals surface area contributed by atoms with Gasteiger partial charge in [0.25, 0.3) is 5.91 Å². The van der Waals surface area contributed by atoms with Crippen LogP contribution in [0, 0.1) is 5.82 Å². The van der Waals surface area contributed by atoms with Crippen LogP contribution in [0.4, 0.5) is 17.6 Å². The molecule has 0 aliphatic heterocycles. The van der Waals surface area contributed by atoms with Crippen LogP contribution in [0.2, 0.25) is 0 Å². The van der Waals surface area contributed by atoms with E-state index in [1.165, 1.54) is 7.11 Å². The average Bonchev–Trinajstić information content (AvgIpc) is 2.38. The van der Waals surface area contributed by atoms with Crippen LogP contribution < -0.4 is 5.32 Å². The summed E-state index contributed by atoms with van der Waals surface area (Å²) in [5.41, 5.74) is -1.75. The largest absolute Gasteiger partial charge is 0.416 e. The molecule has 1 N–H and O–H groups in total. The zero-order valence-corrected chi connectivity index (χ0v) is 11.9. The van der Waals surface area contributed by atoms with Crippen LogP contribution in [0.5, 0.6) is 0 Å². The van der Waals surface area contributed by atoms with E-state index in [9.17, 15) is 22.4 Å². The summed E-state index contributed by atoms with van der Waals surface area (Å²) in [6.45, 7) is 0.124. The van der Waals surface area contributed by atoms with E-state index in [1.54, 1.807) is 0 Å². The SMILES string of the molecule is COCC(CCCl)NC(=O)c1cc(C(F)(F)F)ccc1F. The maximum atomic E-state index is 13.5. The molecule has 1 amide bonds. The standard InChI is InChI=1S/C13H14ClF4NO2/c1-21-7-9(4-5-14)19-12(20)10-6-8(13(16,17)18)2-3-11(10)15/h2-3,6,9H,4-5,7H2,1H3,(H,19,20). The Morgan fingerprint density at radius 3 is 2.62 bits per heavy atom. The quantitative estimate of drug-likeness (QED) is 0.643. The zero-order valence-electron chi connectivity index (χ0n) is 11.1. The second-order valence-corrected chi connectivity index (χ2v) is 4.67. The number of methoxy groups -OCH3 is 1. The number of benzene rings is 1. The number of nitrogens with one attached hydrogen (secondary N) is 1. The summed E-state index contributed by atoms with van der Waals surface area (Å²) in [7, 11) is 1.40. The molecule has 0 saturated carbocycles. The van der Waals surface area contributed by atoms with Crippen molar-refractivity contribution in [2.45, 2.75) is 18.6 Å². The third kappa shape index (κ3) is 5.17. The molecule has 1 unspecified atom stereocenters. The Morgan fingerprint density at radius 1 is 1.43 bits per heavy atom. The maximum absolute atomic E-state index is 13.5. The van der Waals surface area contributed by atoms with E-state index in [-0.39, 0.29) is 12.5 Å².